The molecule has 1 atom stereocenters. The molecular formula is C14H22N6. The molecule has 1 fully saturated rings. The van der Waals surface area contributed by atoms with Crippen molar-refractivity contribution in [3.63, 3.8) is 0 Å². The van der Waals surface area contributed by atoms with E-state index >= 15 is 0 Å². The van der Waals surface area contributed by atoms with Crippen molar-refractivity contribution in [3.8, 4) is 0 Å². The highest BCUT2D eigenvalue weighted by molar-refractivity contribution is 5.47. The summed E-state index contributed by atoms with van der Waals surface area (Å²) in [5, 5.41) is 7.93. The van der Waals surface area contributed by atoms with Gasteiger partial charge in [-0.2, -0.15) is 14.6 Å². The van der Waals surface area contributed by atoms with Gasteiger partial charge >= 0.3 is 0 Å². The molecule has 20 heavy (non-hydrogen) atoms. The third-order valence-electron chi connectivity index (χ3n) is 3.79. The quantitative estimate of drug-likeness (QED) is 0.913. The number of nitrogens with zero attached hydrogens (tertiary/aromatic N) is 5. The first kappa shape index (κ1) is 13.3. The summed E-state index contributed by atoms with van der Waals surface area (Å²) in [4.78, 5) is 11.0. The van der Waals surface area contributed by atoms with Crippen LogP contribution in [0.3, 0.4) is 0 Å². The average Bonchev–Trinajstić information content (AvgIpc) is 2.92. The number of piperidine rings is 1. The second-order valence-corrected chi connectivity index (χ2v) is 5.47. The van der Waals surface area contributed by atoms with E-state index in [4.69, 9.17) is 0 Å². The van der Waals surface area contributed by atoms with E-state index in [1.54, 1.807) is 6.33 Å². The van der Waals surface area contributed by atoms with Crippen molar-refractivity contribution >= 4 is 11.6 Å². The van der Waals surface area contributed by atoms with Crippen LogP contribution in [0.15, 0.2) is 12.4 Å². The van der Waals surface area contributed by atoms with Crippen LogP contribution in [0.1, 0.15) is 31.9 Å². The molecule has 1 unspecified atom stereocenters. The standard InChI is InChI=1S/C14H22N6/c1-3-6-15-12-5-4-7-19(9-12)13-8-11(2)18-14-16-10-17-20(13)14/h8,10,12,15H,3-7,9H2,1-2H3. The van der Waals surface area contributed by atoms with Gasteiger partial charge in [0.15, 0.2) is 0 Å². The number of aryl methyl sites for hydroxylation is 1. The van der Waals surface area contributed by atoms with E-state index in [-0.39, 0.29) is 0 Å². The highest BCUT2D eigenvalue weighted by Crippen LogP contribution is 2.20. The van der Waals surface area contributed by atoms with Gasteiger partial charge in [-0.3, -0.25) is 0 Å². The average molecular weight is 274 g/mol. The SMILES string of the molecule is CCCNC1CCCN(c2cc(C)nc3ncnn23)C1. The van der Waals surface area contributed by atoms with Gasteiger partial charge in [0.05, 0.1) is 0 Å². The summed E-state index contributed by atoms with van der Waals surface area (Å²) >= 11 is 0. The summed E-state index contributed by atoms with van der Waals surface area (Å²) in [6.45, 7) is 7.40. The minimum Gasteiger partial charge on any atom is -0.355 e. The molecule has 1 saturated heterocycles. The minimum absolute atomic E-state index is 0.566. The molecule has 1 aliphatic rings. The maximum Gasteiger partial charge on any atom is 0.254 e. The zero-order valence-corrected chi connectivity index (χ0v) is 12.2. The number of hydrogen-bond acceptors (Lipinski definition) is 5. The molecule has 0 aromatic carbocycles. The monoisotopic (exact) mass is 274 g/mol. The van der Waals surface area contributed by atoms with Crippen molar-refractivity contribution in [2.24, 2.45) is 0 Å². The zero-order valence-electron chi connectivity index (χ0n) is 12.2. The summed E-state index contributed by atoms with van der Waals surface area (Å²) in [5.41, 5.74) is 0.990. The molecule has 2 aromatic rings. The van der Waals surface area contributed by atoms with E-state index < -0.39 is 0 Å². The lowest BCUT2D eigenvalue weighted by Crippen LogP contribution is -2.46. The van der Waals surface area contributed by atoms with Crippen molar-refractivity contribution in [2.45, 2.75) is 39.2 Å². The maximum absolute atomic E-state index is 4.41. The van der Waals surface area contributed by atoms with Gasteiger partial charge in [0, 0.05) is 30.9 Å². The number of hydrogen-bond donors (Lipinski definition) is 1. The molecule has 1 aliphatic heterocycles. The van der Waals surface area contributed by atoms with Crippen LogP contribution in [0.5, 0.6) is 0 Å². The van der Waals surface area contributed by atoms with E-state index in [2.05, 4.69) is 38.3 Å². The number of rotatable bonds is 4. The van der Waals surface area contributed by atoms with Crippen molar-refractivity contribution in [3.05, 3.63) is 18.1 Å². The Morgan fingerprint density at radius 1 is 1.45 bits per heavy atom. The Hall–Kier alpha value is -1.69. The number of aromatic nitrogens is 4. The fraction of sp³-hybridized carbons (Fsp3) is 0.643. The lowest BCUT2D eigenvalue weighted by molar-refractivity contribution is 0.420. The highest BCUT2D eigenvalue weighted by atomic mass is 15.4. The van der Waals surface area contributed by atoms with Gasteiger partial charge in [-0.25, -0.2) is 4.98 Å². The van der Waals surface area contributed by atoms with Gasteiger partial charge < -0.3 is 10.2 Å². The van der Waals surface area contributed by atoms with Gasteiger partial charge in [-0.15, -0.1) is 0 Å². The van der Waals surface area contributed by atoms with Crippen molar-refractivity contribution in [1.82, 2.24) is 24.9 Å². The van der Waals surface area contributed by atoms with Crippen LogP contribution in [0.25, 0.3) is 5.78 Å². The van der Waals surface area contributed by atoms with E-state index in [9.17, 15) is 0 Å². The minimum atomic E-state index is 0.566. The first-order valence-electron chi connectivity index (χ1n) is 7.43. The van der Waals surface area contributed by atoms with Gasteiger partial charge in [-0.05, 0) is 32.7 Å². The normalized spacial score (nSPS) is 19.7. The molecule has 0 bridgehead atoms. The Kier molecular flexibility index (Phi) is 3.82. The van der Waals surface area contributed by atoms with Crippen LogP contribution >= 0.6 is 0 Å². The van der Waals surface area contributed by atoms with Crippen LogP contribution in [-0.4, -0.2) is 45.3 Å². The van der Waals surface area contributed by atoms with Crippen LogP contribution in [0.2, 0.25) is 0 Å². The predicted octanol–water partition coefficient (Wildman–Crippen LogP) is 1.40. The number of nitrogens with one attached hydrogen (secondary N) is 1. The van der Waals surface area contributed by atoms with Crippen molar-refractivity contribution < 1.29 is 0 Å². The highest BCUT2D eigenvalue weighted by Gasteiger charge is 2.22. The molecular weight excluding hydrogens is 252 g/mol. The van der Waals surface area contributed by atoms with Crippen LogP contribution in [-0.2, 0) is 0 Å². The van der Waals surface area contributed by atoms with Gasteiger partial charge in [0.2, 0.25) is 0 Å². The third kappa shape index (κ3) is 2.60. The summed E-state index contributed by atoms with van der Waals surface area (Å²) < 4.78 is 1.84. The first-order chi connectivity index (χ1) is 9.78. The molecule has 0 saturated carbocycles. The molecule has 0 radical (unpaired) electrons. The van der Waals surface area contributed by atoms with E-state index in [1.807, 2.05) is 11.4 Å². The Balaban J connectivity index is 1.84. The van der Waals surface area contributed by atoms with Crippen molar-refractivity contribution in [2.75, 3.05) is 24.5 Å². The Labute approximate surface area is 119 Å². The topological polar surface area (TPSA) is 58.3 Å². The number of anilines is 1. The van der Waals surface area contributed by atoms with Gasteiger partial charge in [0.25, 0.3) is 5.78 Å². The van der Waals surface area contributed by atoms with E-state index in [0.717, 1.165) is 31.1 Å². The second kappa shape index (κ2) is 5.75. The van der Waals surface area contributed by atoms with Crippen LogP contribution < -0.4 is 10.2 Å². The Morgan fingerprint density at radius 3 is 3.20 bits per heavy atom. The Bertz CT molecular complexity index is 578. The molecule has 6 heteroatoms. The zero-order chi connectivity index (χ0) is 13.9. The molecule has 0 amide bonds. The molecule has 1 N–H and O–H groups in total. The van der Waals surface area contributed by atoms with E-state index in [1.165, 1.54) is 19.3 Å². The van der Waals surface area contributed by atoms with Crippen LogP contribution in [0, 0.1) is 6.92 Å². The summed E-state index contributed by atoms with van der Waals surface area (Å²) in [5.74, 6) is 1.79. The lowest BCUT2D eigenvalue weighted by Gasteiger charge is -2.34. The maximum atomic E-state index is 4.41. The fourth-order valence-electron chi connectivity index (χ4n) is 2.84. The molecule has 108 valence electrons. The second-order valence-electron chi connectivity index (χ2n) is 5.47. The molecule has 3 heterocycles. The summed E-state index contributed by atoms with van der Waals surface area (Å²) in [6.07, 6.45) is 5.21. The lowest BCUT2D eigenvalue weighted by atomic mass is 10.1. The smallest absolute Gasteiger partial charge is 0.254 e. The van der Waals surface area contributed by atoms with Gasteiger partial charge in [0.1, 0.15) is 12.1 Å². The Morgan fingerprint density at radius 2 is 2.35 bits per heavy atom. The largest absolute Gasteiger partial charge is 0.355 e. The molecule has 0 aliphatic carbocycles. The molecule has 6 nitrogen and oxygen atoms in total. The predicted molar refractivity (Wildman–Crippen MR) is 79.0 cm³/mol. The van der Waals surface area contributed by atoms with Crippen LogP contribution in [0.4, 0.5) is 5.82 Å². The fourth-order valence-corrected chi connectivity index (χ4v) is 2.84. The summed E-state index contributed by atoms with van der Waals surface area (Å²) in [7, 11) is 0. The number of fused-ring (bicyclic) bond motifs is 1. The molecule has 2 aromatic heterocycles. The van der Waals surface area contributed by atoms with Crippen molar-refractivity contribution in [1.29, 1.82) is 0 Å². The van der Waals surface area contributed by atoms with E-state index in [0.29, 0.717) is 11.8 Å². The van der Waals surface area contributed by atoms with Gasteiger partial charge in [-0.1, -0.05) is 6.92 Å². The first-order valence-corrected chi connectivity index (χ1v) is 7.43. The molecule has 3 rings (SSSR count). The molecule has 0 spiro atoms. The third-order valence-corrected chi connectivity index (χ3v) is 3.79. The summed E-state index contributed by atoms with van der Waals surface area (Å²) in [6, 6.07) is 2.67.